The van der Waals surface area contributed by atoms with Gasteiger partial charge in [-0.2, -0.15) is 40.2 Å². The maximum Gasteiger partial charge on any atom is 0.500 e. The van der Waals surface area contributed by atoms with Gasteiger partial charge in [-0.25, -0.2) is 0 Å². The largest absolute Gasteiger partial charge is 0.505 e. The Kier molecular flexibility index (Phi) is 13.7. The number of aromatic nitrogens is 3. The third kappa shape index (κ3) is 10.6. The van der Waals surface area contributed by atoms with Crippen LogP contribution in [0.5, 0.6) is 5.75 Å². The Hall–Kier alpha value is -3.95. The van der Waals surface area contributed by atoms with E-state index >= 15 is 0 Å². The standard InChI is InChI=1S/C29H36ClN7O13S3Si/c1-5-48-54(49-6-2,50-7-3)12-8-11-31-28-33-27(30)34-29(35-28)32-21-16-19(51(39,40)41)14-18-15-23(53(45,46)47)25(26(38)24(18)21)37-36-20-10-9-17(4)13-22(20)52(42,43)44/h9-10,13-16,38H,5-8,11-12H2,1-4H3,(H,39,40,41)(H,42,43,44)(H,45,46,47)(H2,31,32,33,34,35). The number of anilines is 3. The van der Waals surface area contributed by atoms with Crippen LogP contribution in [0.15, 0.2) is 61.3 Å². The lowest BCUT2D eigenvalue weighted by Gasteiger charge is -2.28. The van der Waals surface area contributed by atoms with Gasteiger partial charge in [-0.1, -0.05) is 6.07 Å². The molecular formula is C29H36ClN7O13S3Si. The number of nitrogens with one attached hydrogen (secondary N) is 2. The van der Waals surface area contributed by atoms with Crippen molar-refractivity contribution in [2.24, 2.45) is 10.2 Å². The first-order valence-corrected chi connectivity index (χ1v) is 22.5. The van der Waals surface area contributed by atoms with Crippen LogP contribution in [0.2, 0.25) is 11.3 Å². The van der Waals surface area contributed by atoms with Gasteiger partial charge < -0.3 is 29.0 Å². The number of hydrogen-bond acceptors (Lipinski definition) is 17. The molecule has 4 rings (SSSR count). The molecule has 0 atom stereocenters. The summed E-state index contributed by atoms with van der Waals surface area (Å²) in [5.41, 5.74) is -1.33. The Balaban J connectivity index is 1.80. The van der Waals surface area contributed by atoms with Crippen molar-refractivity contribution >= 4 is 90.5 Å². The molecule has 0 fully saturated rings. The predicted octanol–water partition coefficient (Wildman–Crippen LogP) is 5.44. The lowest BCUT2D eigenvalue weighted by molar-refractivity contribution is 0.0710. The molecule has 4 aromatic rings. The molecule has 0 spiro atoms. The summed E-state index contributed by atoms with van der Waals surface area (Å²) in [6, 6.07) is 6.45. The first-order valence-electron chi connectivity index (χ1n) is 15.8. The minimum atomic E-state index is -5.25. The molecule has 0 saturated heterocycles. The third-order valence-electron chi connectivity index (χ3n) is 7.24. The van der Waals surface area contributed by atoms with E-state index in [0.29, 0.717) is 37.8 Å². The van der Waals surface area contributed by atoms with E-state index in [1.807, 2.05) is 20.8 Å². The molecule has 0 aliphatic rings. The van der Waals surface area contributed by atoms with Crippen LogP contribution in [0.4, 0.5) is 29.0 Å². The lowest BCUT2D eigenvalue weighted by atomic mass is 10.1. The van der Waals surface area contributed by atoms with Crippen LogP contribution in [-0.4, -0.2) is 94.1 Å². The van der Waals surface area contributed by atoms with Gasteiger partial charge in [0.1, 0.15) is 21.2 Å². The summed E-state index contributed by atoms with van der Waals surface area (Å²) in [5.74, 6) is -1.37. The first-order chi connectivity index (χ1) is 25.2. The number of hydrogen-bond donors (Lipinski definition) is 6. The molecule has 0 bridgehead atoms. The number of phenols is 1. The van der Waals surface area contributed by atoms with Crippen molar-refractivity contribution in [2.45, 2.75) is 54.8 Å². The van der Waals surface area contributed by atoms with Gasteiger partial charge in [0, 0.05) is 37.8 Å². The second-order valence-electron chi connectivity index (χ2n) is 11.1. The number of halogens is 1. The molecule has 25 heteroatoms. The Bertz CT molecular complexity index is 2390. The molecule has 0 amide bonds. The van der Waals surface area contributed by atoms with Crippen molar-refractivity contribution in [3.8, 4) is 5.75 Å². The maximum absolute atomic E-state index is 12.5. The van der Waals surface area contributed by atoms with E-state index < -0.39 is 71.0 Å². The SMILES string of the molecule is CCO[Si](CCCNc1nc(Cl)nc(Nc2cc(S(=O)(=O)O)cc3cc(S(=O)(=O)O)c(N=Nc4ccc(C)cc4S(=O)(=O)O)c(O)c23)n1)(OCC)OCC. The number of aromatic hydroxyl groups is 1. The van der Waals surface area contributed by atoms with Gasteiger partial charge in [-0.3, -0.25) is 13.7 Å². The molecule has 6 N–H and O–H groups in total. The quantitative estimate of drug-likeness (QED) is 0.0314. The Morgan fingerprint density at radius 2 is 1.41 bits per heavy atom. The summed E-state index contributed by atoms with van der Waals surface area (Å²) in [4.78, 5) is 9.67. The van der Waals surface area contributed by atoms with Crippen LogP contribution < -0.4 is 10.6 Å². The van der Waals surface area contributed by atoms with E-state index in [1.54, 1.807) is 0 Å². The zero-order valence-corrected chi connectivity index (χ0v) is 33.2. The fourth-order valence-corrected chi connectivity index (χ4v) is 9.81. The molecule has 1 aromatic heterocycles. The van der Waals surface area contributed by atoms with E-state index in [-0.39, 0.29) is 40.2 Å². The number of phenolic OH excluding ortho intramolecular Hbond substituents is 1. The highest BCUT2D eigenvalue weighted by Crippen LogP contribution is 2.46. The van der Waals surface area contributed by atoms with Gasteiger partial charge in [-0.05, 0) is 87.0 Å². The molecule has 3 aromatic carbocycles. The van der Waals surface area contributed by atoms with E-state index in [9.17, 15) is 44.0 Å². The first kappa shape index (κ1) is 42.8. The number of fused-ring (bicyclic) bond motifs is 1. The molecule has 1 heterocycles. The van der Waals surface area contributed by atoms with Crippen LogP contribution in [0, 0.1) is 6.92 Å². The fraction of sp³-hybridized carbons (Fsp3) is 0.345. The zero-order valence-electron chi connectivity index (χ0n) is 29.0. The fourth-order valence-electron chi connectivity index (χ4n) is 5.13. The molecule has 54 heavy (non-hydrogen) atoms. The van der Waals surface area contributed by atoms with Gasteiger partial charge in [0.2, 0.25) is 17.2 Å². The van der Waals surface area contributed by atoms with E-state index in [2.05, 4.69) is 35.8 Å². The second kappa shape index (κ2) is 17.2. The smallest absolute Gasteiger partial charge is 0.500 e. The maximum atomic E-state index is 12.5. The average molecular weight is 850 g/mol. The summed E-state index contributed by atoms with van der Waals surface area (Å²) in [7, 11) is -18.0. The van der Waals surface area contributed by atoms with Gasteiger partial charge in [0.15, 0.2) is 5.75 Å². The summed E-state index contributed by atoms with van der Waals surface area (Å²) in [5, 5.41) is 23.5. The number of nitrogens with zero attached hydrogens (tertiary/aromatic N) is 5. The zero-order chi connectivity index (χ0) is 40.1. The van der Waals surface area contributed by atoms with Crippen LogP contribution in [-0.2, 0) is 43.6 Å². The van der Waals surface area contributed by atoms with Crippen molar-refractivity contribution in [1.82, 2.24) is 15.0 Å². The van der Waals surface area contributed by atoms with Crippen LogP contribution in [0.1, 0.15) is 32.8 Å². The van der Waals surface area contributed by atoms with Gasteiger partial charge >= 0.3 is 8.80 Å². The molecule has 0 radical (unpaired) electrons. The summed E-state index contributed by atoms with van der Waals surface area (Å²) < 4.78 is 121. The van der Waals surface area contributed by atoms with Crippen molar-refractivity contribution in [3.05, 3.63) is 47.2 Å². The Labute approximate surface area is 316 Å². The van der Waals surface area contributed by atoms with Crippen LogP contribution in [0.25, 0.3) is 10.8 Å². The molecule has 20 nitrogen and oxygen atoms in total. The molecule has 0 saturated carbocycles. The van der Waals surface area contributed by atoms with Gasteiger partial charge in [0.25, 0.3) is 30.4 Å². The second-order valence-corrected chi connectivity index (χ2v) is 18.4. The Morgan fingerprint density at radius 1 is 0.796 bits per heavy atom. The average Bonchev–Trinajstić information content (AvgIpc) is 3.05. The summed E-state index contributed by atoms with van der Waals surface area (Å²) >= 11 is 6.17. The highest BCUT2D eigenvalue weighted by molar-refractivity contribution is 7.86. The summed E-state index contributed by atoms with van der Waals surface area (Å²) in [6.07, 6.45) is 0.495. The molecule has 0 aliphatic carbocycles. The van der Waals surface area contributed by atoms with Crippen LogP contribution >= 0.6 is 11.6 Å². The topological polar surface area (TPSA) is 298 Å². The highest BCUT2D eigenvalue weighted by Gasteiger charge is 2.39. The van der Waals surface area contributed by atoms with Crippen molar-refractivity contribution < 1.29 is 57.3 Å². The monoisotopic (exact) mass is 849 g/mol. The van der Waals surface area contributed by atoms with Crippen molar-refractivity contribution in [3.63, 3.8) is 0 Å². The highest BCUT2D eigenvalue weighted by atomic mass is 35.5. The summed E-state index contributed by atoms with van der Waals surface area (Å²) in [6.45, 7) is 8.49. The minimum absolute atomic E-state index is 0.0376. The van der Waals surface area contributed by atoms with E-state index in [1.165, 1.54) is 13.0 Å². The lowest BCUT2D eigenvalue weighted by Crippen LogP contribution is -2.46. The number of rotatable bonds is 18. The Morgan fingerprint density at radius 3 is 1.98 bits per heavy atom. The minimum Gasteiger partial charge on any atom is -0.505 e. The van der Waals surface area contributed by atoms with Crippen LogP contribution in [0.3, 0.4) is 0 Å². The third-order valence-corrected chi connectivity index (χ3v) is 13.1. The molecule has 0 unspecified atom stereocenters. The van der Waals surface area contributed by atoms with Crippen molar-refractivity contribution in [2.75, 3.05) is 37.0 Å². The number of aryl methyl sites for hydroxylation is 1. The predicted molar refractivity (Wildman–Crippen MR) is 197 cm³/mol. The van der Waals surface area contributed by atoms with Crippen molar-refractivity contribution in [1.29, 1.82) is 0 Å². The van der Waals surface area contributed by atoms with E-state index in [4.69, 9.17) is 24.9 Å². The number of azo groups is 1. The van der Waals surface area contributed by atoms with Gasteiger partial charge in [-0.15, -0.1) is 10.2 Å². The normalized spacial score (nSPS) is 12.8. The molecular weight excluding hydrogens is 814 g/mol. The molecule has 0 aliphatic heterocycles. The van der Waals surface area contributed by atoms with E-state index in [0.717, 1.165) is 30.3 Å². The number of benzene rings is 3. The molecule has 294 valence electrons. The van der Waals surface area contributed by atoms with Gasteiger partial charge in [0.05, 0.1) is 10.6 Å².